The molecule has 0 bridgehead atoms. The Balaban J connectivity index is 2.03. The van der Waals surface area contributed by atoms with Gasteiger partial charge in [0.05, 0.1) is 6.10 Å². The minimum absolute atomic E-state index is 0.151. The number of hydrogen-bond acceptors (Lipinski definition) is 3. The van der Waals surface area contributed by atoms with Crippen LogP contribution in [0.2, 0.25) is 0 Å². The van der Waals surface area contributed by atoms with E-state index in [1.165, 1.54) is 11.3 Å². The van der Waals surface area contributed by atoms with Crippen LogP contribution >= 0.6 is 0 Å². The van der Waals surface area contributed by atoms with Gasteiger partial charge < -0.3 is 15.1 Å². The summed E-state index contributed by atoms with van der Waals surface area (Å²) in [6.07, 6.45) is 0.427. The lowest BCUT2D eigenvalue weighted by Gasteiger charge is -2.35. The first-order valence-electron chi connectivity index (χ1n) is 7.42. The molecule has 2 unspecified atom stereocenters. The first-order chi connectivity index (χ1) is 10.1. The number of aliphatic hydroxyl groups is 1. The van der Waals surface area contributed by atoms with E-state index in [1.54, 1.807) is 19.1 Å². The molecule has 0 saturated carbocycles. The molecular formula is C18H21NO2. The van der Waals surface area contributed by atoms with Crippen LogP contribution in [0.3, 0.4) is 0 Å². The van der Waals surface area contributed by atoms with Crippen molar-refractivity contribution in [3.05, 3.63) is 53.6 Å². The van der Waals surface area contributed by atoms with Crippen molar-refractivity contribution in [2.75, 3.05) is 11.4 Å². The highest BCUT2D eigenvalue weighted by molar-refractivity contribution is 5.69. The molecule has 1 heterocycles. The number of phenolic OH excluding ortho intramolecular Hbond substituents is 1. The van der Waals surface area contributed by atoms with E-state index in [2.05, 4.69) is 30.0 Å². The fraction of sp³-hybridized carbons (Fsp3) is 0.333. The first kappa shape index (κ1) is 14.0. The highest BCUT2D eigenvalue weighted by Crippen LogP contribution is 2.37. The minimum atomic E-state index is -0.661. The quantitative estimate of drug-likeness (QED) is 0.881. The molecule has 110 valence electrons. The topological polar surface area (TPSA) is 43.7 Å². The highest BCUT2D eigenvalue weighted by Gasteiger charge is 2.23. The van der Waals surface area contributed by atoms with Crippen molar-refractivity contribution in [2.45, 2.75) is 26.4 Å². The van der Waals surface area contributed by atoms with Crippen LogP contribution in [0.25, 0.3) is 0 Å². The van der Waals surface area contributed by atoms with E-state index in [4.69, 9.17) is 0 Å². The summed E-state index contributed by atoms with van der Waals surface area (Å²) in [6.45, 7) is 4.84. The number of hydrogen-bond donors (Lipinski definition) is 2. The van der Waals surface area contributed by atoms with Crippen molar-refractivity contribution >= 4 is 11.4 Å². The first-order valence-corrected chi connectivity index (χ1v) is 7.42. The SMILES string of the molecule is CC1Cc2ccccc2N(c2ccc(C(C)O)c(O)c2)C1. The molecule has 2 atom stereocenters. The summed E-state index contributed by atoms with van der Waals surface area (Å²) in [5.41, 5.74) is 4.09. The largest absolute Gasteiger partial charge is 0.507 e. The van der Waals surface area contributed by atoms with Gasteiger partial charge in [-0.1, -0.05) is 31.2 Å². The van der Waals surface area contributed by atoms with Gasteiger partial charge in [0.15, 0.2) is 0 Å². The number of nitrogens with zero attached hydrogens (tertiary/aromatic N) is 1. The van der Waals surface area contributed by atoms with Crippen molar-refractivity contribution in [3.63, 3.8) is 0 Å². The second kappa shape index (κ2) is 5.41. The molecular weight excluding hydrogens is 262 g/mol. The third kappa shape index (κ3) is 2.61. The summed E-state index contributed by atoms with van der Waals surface area (Å²) in [7, 11) is 0. The van der Waals surface area contributed by atoms with E-state index in [0.29, 0.717) is 11.5 Å². The zero-order valence-electron chi connectivity index (χ0n) is 12.5. The molecule has 0 aromatic heterocycles. The van der Waals surface area contributed by atoms with Gasteiger partial charge in [0.2, 0.25) is 0 Å². The minimum Gasteiger partial charge on any atom is -0.507 e. The normalized spacial score (nSPS) is 19.2. The third-order valence-corrected chi connectivity index (χ3v) is 4.12. The molecule has 21 heavy (non-hydrogen) atoms. The second-order valence-corrected chi connectivity index (χ2v) is 5.97. The maximum absolute atomic E-state index is 10.1. The van der Waals surface area contributed by atoms with Crippen LogP contribution in [0.1, 0.15) is 31.1 Å². The van der Waals surface area contributed by atoms with Gasteiger partial charge in [-0.25, -0.2) is 0 Å². The van der Waals surface area contributed by atoms with E-state index >= 15 is 0 Å². The Bertz CT molecular complexity index is 651. The Morgan fingerprint density at radius 2 is 1.95 bits per heavy atom. The number of benzene rings is 2. The van der Waals surface area contributed by atoms with Gasteiger partial charge in [0, 0.05) is 29.5 Å². The maximum atomic E-state index is 10.1. The van der Waals surface area contributed by atoms with Crippen LogP contribution < -0.4 is 4.90 Å². The van der Waals surface area contributed by atoms with Crippen molar-refractivity contribution in [1.29, 1.82) is 0 Å². The van der Waals surface area contributed by atoms with Crippen molar-refractivity contribution in [3.8, 4) is 5.75 Å². The Morgan fingerprint density at radius 3 is 2.67 bits per heavy atom. The average Bonchev–Trinajstić information content (AvgIpc) is 2.45. The van der Waals surface area contributed by atoms with Gasteiger partial charge in [0.1, 0.15) is 5.75 Å². The number of rotatable bonds is 2. The summed E-state index contributed by atoms with van der Waals surface area (Å²) < 4.78 is 0. The van der Waals surface area contributed by atoms with E-state index in [9.17, 15) is 10.2 Å². The summed E-state index contributed by atoms with van der Waals surface area (Å²) in [6, 6.07) is 13.9. The molecule has 3 rings (SSSR count). The molecule has 0 fully saturated rings. The predicted octanol–water partition coefficient (Wildman–Crippen LogP) is 3.78. The van der Waals surface area contributed by atoms with Crippen molar-refractivity contribution in [1.82, 2.24) is 0 Å². The standard InChI is InChI=1S/C18H21NO2/c1-12-9-14-5-3-4-6-17(14)19(11-12)15-7-8-16(13(2)20)18(21)10-15/h3-8,10,12-13,20-21H,9,11H2,1-2H3. The lowest BCUT2D eigenvalue weighted by atomic mass is 9.93. The number of phenols is 1. The Kier molecular flexibility index (Phi) is 3.60. The Morgan fingerprint density at radius 1 is 1.19 bits per heavy atom. The smallest absolute Gasteiger partial charge is 0.123 e. The van der Waals surface area contributed by atoms with Gasteiger partial charge in [0.25, 0.3) is 0 Å². The number of aromatic hydroxyl groups is 1. The summed E-state index contributed by atoms with van der Waals surface area (Å²) in [5, 5.41) is 19.8. The van der Waals surface area contributed by atoms with Crippen LogP contribution in [0.4, 0.5) is 11.4 Å². The lowest BCUT2D eigenvalue weighted by molar-refractivity contribution is 0.195. The molecule has 3 heteroatoms. The van der Waals surface area contributed by atoms with Crippen LogP contribution in [0.5, 0.6) is 5.75 Å². The number of fused-ring (bicyclic) bond motifs is 1. The van der Waals surface area contributed by atoms with Crippen molar-refractivity contribution < 1.29 is 10.2 Å². The molecule has 0 amide bonds. The van der Waals surface area contributed by atoms with E-state index in [0.717, 1.165) is 18.7 Å². The second-order valence-electron chi connectivity index (χ2n) is 5.97. The average molecular weight is 283 g/mol. The fourth-order valence-corrected chi connectivity index (χ4v) is 3.09. The Hall–Kier alpha value is -2.00. The molecule has 0 radical (unpaired) electrons. The van der Waals surface area contributed by atoms with Gasteiger partial charge in [-0.15, -0.1) is 0 Å². The van der Waals surface area contributed by atoms with Crippen LogP contribution in [-0.4, -0.2) is 16.8 Å². The molecule has 1 aliphatic heterocycles. The van der Waals surface area contributed by atoms with E-state index < -0.39 is 6.10 Å². The number of para-hydroxylation sites is 1. The molecule has 0 aliphatic carbocycles. The third-order valence-electron chi connectivity index (χ3n) is 4.12. The van der Waals surface area contributed by atoms with Crippen molar-refractivity contribution in [2.24, 2.45) is 5.92 Å². The molecule has 2 N–H and O–H groups in total. The van der Waals surface area contributed by atoms with Gasteiger partial charge >= 0.3 is 0 Å². The number of aliphatic hydroxyl groups excluding tert-OH is 1. The fourth-order valence-electron chi connectivity index (χ4n) is 3.09. The Labute approximate surface area is 125 Å². The van der Waals surface area contributed by atoms with Gasteiger partial charge in [-0.05, 0) is 37.0 Å². The van der Waals surface area contributed by atoms with Crippen LogP contribution in [-0.2, 0) is 6.42 Å². The molecule has 3 nitrogen and oxygen atoms in total. The van der Waals surface area contributed by atoms with Gasteiger partial charge in [-0.3, -0.25) is 0 Å². The molecule has 1 aliphatic rings. The van der Waals surface area contributed by atoms with Crippen LogP contribution in [0.15, 0.2) is 42.5 Å². The monoisotopic (exact) mass is 283 g/mol. The molecule has 0 saturated heterocycles. The number of anilines is 2. The summed E-state index contributed by atoms with van der Waals surface area (Å²) >= 11 is 0. The molecule has 0 spiro atoms. The maximum Gasteiger partial charge on any atom is 0.123 e. The molecule has 2 aromatic carbocycles. The van der Waals surface area contributed by atoms with E-state index in [1.807, 2.05) is 12.1 Å². The van der Waals surface area contributed by atoms with Gasteiger partial charge in [-0.2, -0.15) is 0 Å². The zero-order valence-corrected chi connectivity index (χ0v) is 12.5. The molecule has 2 aromatic rings. The van der Waals surface area contributed by atoms with Crippen LogP contribution in [0, 0.1) is 5.92 Å². The highest BCUT2D eigenvalue weighted by atomic mass is 16.3. The zero-order chi connectivity index (χ0) is 15.0. The summed E-state index contributed by atoms with van der Waals surface area (Å²) in [5.74, 6) is 0.719. The summed E-state index contributed by atoms with van der Waals surface area (Å²) in [4.78, 5) is 2.25. The lowest BCUT2D eigenvalue weighted by Crippen LogP contribution is -2.30. The predicted molar refractivity (Wildman–Crippen MR) is 85.1 cm³/mol. The van der Waals surface area contributed by atoms with E-state index in [-0.39, 0.29) is 5.75 Å².